The molecule has 144 valence electrons. The topological polar surface area (TPSA) is 61.4 Å². The Bertz CT molecular complexity index is 769. The molecule has 1 N–H and O–H groups in total. The van der Waals surface area contributed by atoms with Gasteiger partial charge in [-0.1, -0.05) is 38.1 Å². The molecule has 0 spiro atoms. The van der Waals surface area contributed by atoms with E-state index in [1.54, 1.807) is 6.33 Å². The van der Waals surface area contributed by atoms with Gasteiger partial charge in [-0.2, -0.15) is 0 Å². The highest BCUT2D eigenvalue weighted by Crippen LogP contribution is 2.24. The Balaban J connectivity index is 1.59. The molecule has 1 aromatic heterocycles. The Labute approximate surface area is 161 Å². The molecule has 0 atom stereocenters. The molecule has 0 unspecified atom stereocenters. The summed E-state index contributed by atoms with van der Waals surface area (Å²) in [5.74, 6) is 1.52. The van der Waals surface area contributed by atoms with E-state index in [4.69, 9.17) is 0 Å². The molecule has 1 fully saturated rings. The zero-order valence-corrected chi connectivity index (χ0v) is 16.5. The zero-order valence-electron chi connectivity index (χ0n) is 16.5. The highest BCUT2D eigenvalue weighted by atomic mass is 16.2. The maximum absolute atomic E-state index is 12.3. The monoisotopic (exact) mass is 367 g/mol. The van der Waals surface area contributed by atoms with E-state index in [1.165, 1.54) is 5.56 Å². The maximum atomic E-state index is 12.3. The number of rotatable bonds is 5. The lowest BCUT2D eigenvalue weighted by atomic mass is 10.1. The number of aryl methyl sites for hydroxylation is 1. The summed E-state index contributed by atoms with van der Waals surface area (Å²) in [4.78, 5) is 25.3. The number of piperazine rings is 1. The molecule has 0 bridgehead atoms. The van der Waals surface area contributed by atoms with Crippen LogP contribution in [0.1, 0.15) is 25.8 Å². The Kier molecular flexibility index (Phi) is 6.27. The van der Waals surface area contributed by atoms with Crippen molar-refractivity contribution in [3.05, 3.63) is 42.2 Å². The Hall–Kier alpha value is -2.63. The second-order valence-corrected chi connectivity index (χ2v) is 7.46. The van der Waals surface area contributed by atoms with Gasteiger partial charge in [0.15, 0.2) is 0 Å². The summed E-state index contributed by atoms with van der Waals surface area (Å²) in [5, 5.41) is 3.02. The second-order valence-electron chi connectivity index (χ2n) is 7.46. The van der Waals surface area contributed by atoms with E-state index in [0.717, 1.165) is 43.1 Å². The molecule has 3 rings (SSSR count). The summed E-state index contributed by atoms with van der Waals surface area (Å²) >= 11 is 0. The molecule has 0 saturated carbocycles. The van der Waals surface area contributed by atoms with Crippen LogP contribution >= 0.6 is 0 Å². The van der Waals surface area contributed by atoms with Crippen LogP contribution in [0.3, 0.4) is 0 Å². The highest BCUT2D eigenvalue weighted by molar-refractivity contribution is 5.74. The van der Waals surface area contributed by atoms with Gasteiger partial charge in [0.2, 0.25) is 0 Å². The second kappa shape index (κ2) is 8.84. The van der Waals surface area contributed by atoms with Crippen molar-refractivity contribution in [3.8, 4) is 11.3 Å². The highest BCUT2D eigenvalue weighted by Gasteiger charge is 2.22. The molecule has 2 aromatic rings. The van der Waals surface area contributed by atoms with Gasteiger partial charge in [-0.25, -0.2) is 14.8 Å². The number of benzene rings is 1. The standard InChI is InChI=1S/C21H29N5O/c1-16(2)8-9-22-21(27)26-12-10-25(11-13-26)20-14-19(23-15-24-20)18-7-5-4-6-17(18)3/h4-7,14-16H,8-13H2,1-3H3,(H,22,27). The van der Waals surface area contributed by atoms with E-state index in [-0.39, 0.29) is 6.03 Å². The molecule has 6 nitrogen and oxygen atoms in total. The fraction of sp³-hybridized carbons (Fsp3) is 0.476. The van der Waals surface area contributed by atoms with Crippen molar-refractivity contribution in [2.45, 2.75) is 27.2 Å². The lowest BCUT2D eigenvalue weighted by Crippen LogP contribution is -2.52. The minimum absolute atomic E-state index is 0.0404. The van der Waals surface area contributed by atoms with E-state index in [9.17, 15) is 4.79 Å². The molecule has 2 amide bonds. The van der Waals surface area contributed by atoms with Crippen molar-refractivity contribution in [2.24, 2.45) is 5.92 Å². The van der Waals surface area contributed by atoms with E-state index >= 15 is 0 Å². The number of nitrogens with one attached hydrogen (secondary N) is 1. The Morgan fingerprint density at radius 2 is 1.89 bits per heavy atom. The number of carbonyl (C=O) groups excluding carboxylic acids is 1. The van der Waals surface area contributed by atoms with Crippen molar-refractivity contribution < 1.29 is 4.79 Å². The summed E-state index contributed by atoms with van der Waals surface area (Å²) in [5.41, 5.74) is 3.27. The van der Waals surface area contributed by atoms with E-state index < -0.39 is 0 Å². The van der Waals surface area contributed by atoms with Gasteiger partial charge in [0.05, 0.1) is 5.69 Å². The van der Waals surface area contributed by atoms with Crippen LogP contribution in [-0.4, -0.2) is 53.6 Å². The molecule has 6 heteroatoms. The van der Waals surface area contributed by atoms with Crippen LogP contribution in [0.5, 0.6) is 0 Å². The number of nitrogens with zero attached hydrogens (tertiary/aromatic N) is 4. The minimum atomic E-state index is 0.0404. The van der Waals surface area contributed by atoms with Crippen molar-refractivity contribution in [1.29, 1.82) is 0 Å². The predicted octanol–water partition coefficient (Wildman–Crippen LogP) is 3.33. The van der Waals surface area contributed by atoms with Gasteiger partial charge in [0.25, 0.3) is 0 Å². The molecule has 27 heavy (non-hydrogen) atoms. The maximum Gasteiger partial charge on any atom is 0.317 e. The first kappa shape index (κ1) is 19.1. The van der Waals surface area contributed by atoms with E-state index in [1.807, 2.05) is 23.1 Å². The molecular weight excluding hydrogens is 338 g/mol. The smallest absolute Gasteiger partial charge is 0.317 e. The third-order valence-corrected chi connectivity index (χ3v) is 4.96. The van der Waals surface area contributed by atoms with Crippen LogP contribution in [0.2, 0.25) is 0 Å². The first-order valence-corrected chi connectivity index (χ1v) is 9.70. The number of aromatic nitrogens is 2. The molecular formula is C21H29N5O. The number of amides is 2. The summed E-state index contributed by atoms with van der Waals surface area (Å²) < 4.78 is 0. The number of anilines is 1. The molecule has 2 heterocycles. The third-order valence-electron chi connectivity index (χ3n) is 4.96. The zero-order chi connectivity index (χ0) is 19.2. The van der Waals surface area contributed by atoms with Gasteiger partial charge in [-0.15, -0.1) is 0 Å². The summed E-state index contributed by atoms with van der Waals surface area (Å²) in [7, 11) is 0. The largest absolute Gasteiger partial charge is 0.353 e. The molecule has 1 aliphatic heterocycles. The lowest BCUT2D eigenvalue weighted by molar-refractivity contribution is 0.193. The van der Waals surface area contributed by atoms with Crippen LogP contribution in [-0.2, 0) is 0 Å². The number of carbonyl (C=O) groups is 1. The van der Waals surface area contributed by atoms with Crippen LogP contribution in [0.4, 0.5) is 10.6 Å². The average Bonchev–Trinajstić information content (AvgIpc) is 2.68. The summed E-state index contributed by atoms with van der Waals surface area (Å²) in [6.07, 6.45) is 2.64. The predicted molar refractivity (Wildman–Crippen MR) is 109 cm³/mol. The Morgan fingerprint density at radius 3 is 2.59 bits per heavy atom. The SMILES string of the molecule is Cc1ccccc1-c1cc(N2CCN(C(=O)NCCC(C)C)CC2)ncn1. The normalized spacial score (nSPS) is 14.5. The molecule has 1 saturated heterocycles. The van der Waals surface area contributed by atoms with Gasteiger partial charge < -0.3 is 15.1 Å². The van der Waals surface area contributed by atoms with Gasteiger partial charge in [-0.05, 0) is 24.8 Å². The van der Waals surface area contributed by atoms with Gasteiger partial charge in [0, 0.05) is 44.4 Å². The lowest BCUT2D eigenvalue weighted by Gasteiger charge is -2.35. The fourth-order valence-corrected chi connectivity index (χ4v) is 3.25. The summed E-state index contributed by atoms with van der Waals surface area (Å²) in [6.45, 7) is 10.1. The number of hydrogen-bond donors (Lipinski definition) is 1. The van der Waals surface area contributed by atoms with Crippen LogP contribution < -0.4 is 10.2 Å². The van der Waals surface area contributed by atoms with Crippen molar-refractivity contribution >= 4 is 11.8 Å². The number of hydrogen-bond acceptors (Lipinski definition) is 4. The fourth-order valence-electron chi connectivity index (χ4n) is 3.25. The van der Waals surface area contributed by atoms with Gasteiger partial charge in [-0.3, -0.25) is 0 Å². The molecule has 0 aliphatic carbocycles. The van der Waals surface area contributed by atoms with Crippen LogP contribution in [0, 0.1) is 12.8 Å². The average molecular weight is 367 g/mol. The van der Waals surface area contributed by atoms with Crippen molar-refractivity contribution in [1.82, 2.24) is 20.2 Å². The van der Waals surface area contributed by atoms with Crippen LogP contribution in [0.25, 0.3) is 11.3 Å². The first-order valence-electron chi connectivity index (χ1n) is 9.70. The van der Waals surface area contributed by atoms with Crippen LogP contribution in [0.15, 0.2) is 36.7 Å². The number of urea groups is 1. The minimum Gasteiger partial charge on any atom is -0.353 e. The quantitative estimate of drug-likeness (QED) is 0.881. The Morgan fingerprint density at radius 1 is 1.15 bits per heavy atom. The summed E-state index contributed by atoms with van der Waals surface area (Å²) in [6, 6.07) is 10.3. The van der Waals surface area contributed by atoms with E-state index in [2.05, 4.69) is 53.1 Å². The van der Waals surface area contributed by atoms with Crippen molar-refractivity contribution in [3.63, 3.8) is 0 Å². The third kappa shape index (κ3) is 4.96. The molecule has 1 aromatic carbocycles. The van der Waals surface area contributed by atoms with E-state index in [0.29, 0.717) is 19.0 Å². The van der Waals surface area contributed by atoms with Crippen molar-refractivity contribution in [2.75, 3.05) is 37.6 Å². The van der Waals surface area contributed by atoms with Gasteiger partial charge in [0.1, 0.15) is 12.1 Å². The van der Waals surface area contributed by atoms with Gasteiger partial charge >= 0.3 is 6.03 Å². The molecule has 0 radical (unpaired) electrons. The molecule has 1 aliphatic rings. The first-order chi connectivity index (χ1) is 13.0.